The third kappa shape index (κ3) is 2.55. The van der Waals surface area contributed by atoms with E-state index in [1.807, 2.05) is 30.7 Å². The molecule has 2 aromatic carbocycles. The third-order valence-corrected chi connectivity index (χ3v) is 4.85. The summed E-state index contributed by atoms with van der Waals surface area (Å²) in [6, 6.07) is 16.6. The second-order valence-corrected chi connectivity index (χ2v) is 6.89. The van der Waals surface area contributed by atoms with E-state index in [9.17, 15) is 0 Å². The summed E-state index contributed by atoms with van der Waals surface area (Å²) in [4.78, 5) is 2.89. The Bertz CT molecular complexity index is 998. The number of nitrogens with zero attached hydrogens (tertiary/aromatic N) is 5. The van der Waals surface area contributed by atoms with E-state index in [1.165, 1.54) is 11.3 Å². The molecule has 2 heterocycles. The van der Waals surface area contributed by atoms with Gasteiger partial charge in [0.2, 0.25) is 4.96 Å². The van der Waals surface area contributed by atoms with Crippen LogP contribution in [0.3, 0.4) is 0 Å². The molecule has 0 bridgehead atoms. The van der Waals surface area contributed by atoms with E-state index in [0.29, 0.717) is 0 Å². The number of aryl methyl sites for hydroxylation is 1. The summed E-state index contributed by atoms with van der Waals surface area (Å²) < 4.78 is 1.83. The molecule has 0 atom stereocenters. The van der Waals surface area contributed by atoms with E-state index in [4.69, 9.17) is 5.10 Å². The maximum Gasteiger partial charge on any atom is 0.235 e. The van der Waals surface area contributed by atoms with E-state index in [0.717, 1.165) is 26.9 Å². The van der Waals surface area contributed by atoms with Crippen molar-refractivity contribution in [3.8, 4) is 22.0 Å². The molecule has 0 amide bonds. The van der Waals surface area contributed by atoms with Gasteiger partial charge in [-0.2, -0.15) is 9.61 Å². The van der Waals surface area contributed by atoms with Crippen molar-refractivity contribution < 1.29 is 0 Å². The minimum atomic E-state index is 0.779. The van der Waals surface area contributed by atoms with Crippen LogP contribution >= 0.6 is 11.3 Å². The van der Waals surface area contributed by atoms with Gasteiger partial charge in [0.1, 0.15) is 5.01 Å². The largest absolute Gasteiger partial charge is 0.378 e. The maximum atomic E-state index is 4.72. The van der Waals surface area contributed by atoms with Crippen LogP contribution in [0.25, 0.3) is 26.9 Å². The lowest BCUT2D eigenvalue weighted by molar-refractivity contribution is 0.970. The number of aromatic nitrogens is 4. The van der Waals surface area contributed by atoms with Crippen LogP contribution in [0, 0.1) is 6.92 Å². The van der Waals surface area contributed by atoms with Crippen molar-refractivity contribution >= 4 is 22.0 Å². The molecule has 5 nitrogen and oxygen atoms in total. The van der Waals surface area contributed by atoms with Gasteiger partial charge in [0.05, 0.1) is 0 Å². The predicted molar refractivity (Wildman–Crippen MR) is 98.6 cm³/mol. The van der Waals surface area contributed by atoms with Gasteiger partial charge in [-0.15, -0.1) is 10.2 Å². The molecule has 0 aliphatic rings. The lowest BCUT2D eigenvalue weighted by Crippen LogP contribution is -2.07. The molecule has 0 unspecified atom stereocenters. The molecule has 120 valence electrons. The van der Waals surface area contributed by atoms with E-state index < -0.39 is 0 Å². The zero-order valence-corrected chi connectivity index (χ0v) is 14.6. The van der Waals surface area contributed by atoms with Gasteiger partial charge in [0, 0.05) is 30.9 Å². The fourth-order valence-electron chi connectivity index (χ4n) is 2.60. The van der Waals surface area contributed by atoms with E-state index in [-0.39, 0.29) is 0 Å². The Morgan fingerprint density at radius 1 is 0.958 bits per heavy atom. The first-order valence-electron chi connectivity index (χ1n) is 7.69. The van der Waals surface area contributed by atoms with Crippen LogP contribution in [0.15, 0.2) is 48.5 Å². The van der Waals surface area contributed by atoms with Gasteiger partial charge in [-0.05, 0) is 37.3 Å². The SMILES string of the molecule is Cc1cccc(-c2nnc3sc(-c4ccc(N(C)C)cc4)nn23)c1. The molecule has 4 rings (SSSR count). The quantitative estimate of drug-likeness (QED) is 0.570. The zero-order valence-electron chi connectivity index (χ0n) is 13.8. The number of hydrogen-bond donors (Lipinski definition) is 0. The lowest BCUT2D eigenvalue weighted by atomic mass is 10.1. The van der Waals surface area contributed by atoms with Crippen molar-refractivity contribution in [3.05, 3.63) is 54.1 Å². The average Bonchev–Trinajstić information content (AvgIpc) is 3.15. The zero-order chi connectivity index (χ0) is 16.7. The molecule has 4 aromatic rings. The van der Waals surface area contributed by atoms with Crippen molar-refractivity contribution in [2.24, 2.45) is 0 Å². The fourth-order valence-corrected chi connectivity index (χ4v) is 3.44. The smallest absolute Gasteiger partial charge is 0.235 e. The topological polar surface area (TPSA) is 46.3 Å². The summed E-state index contributed by atoms with van der Waals surface area (Å²) >= 11 is 1.55. The molecule has 0 fully saturated rings. The van der Waals surface area contributed by atoms with Crippen molar-refractivity contribution in [3.63, 3.8) is 0 Å². The summed E-state index contributed by atoms with van der Waals surface area (Å²) in [5.74, 6) is 0.779. The third-order valence-electron chi connectivity index (χ3n) is 3.90. The Morgan fingerprint density at radius 2 is 1.75 bits per heavy atom. The average molecular weight is 335 g/mol. The highest BCUT2D eigenvalue weighted by molar-refractivity contribution is 7.19. The standard InChI is InChI=1S/C18H17N5S/c1-12-5-4-6-14(11-12)16-19-20-18-23(16)21-17(24-18)13-7-9-15(10-8-13)22(2)3/h4-11H,1-3H3. The summed E-state index contributed by atoms with van der Waals surface area (Å²) in [6.45, 7) is 2.07. The van der Waals surface area contributed by atoms with Crippen LogP contribution < -0.4 is 4.90 Å². The number of fused-ring (bicyclic) bond motifs is 1. The Balaban J connectivity index is 1.77. The van der Waals surface area contributed by atoms with Gasteiger partial charge < -0.3 is 4.90 Å². The molecule has 0 radical (unpaired) electrons. The van der Waals surface area contributed by atoms with Crippen LogP contribution in [-0.2, 0) is 0 Å². The molecule has 0 saturated heterocycles. The Morgan fingerprint density at radius 3 is 2.46 bits per heavy atom. The minimum absolute atomic E-state index is 0.779. The highest BCUT2D eigenvalue weighted by Gasteiger charge is 2.14. The number of hydrogen-bond acceptors (Lipinski definition) is 5. The Hall–Kier alpha value is -2.73. The van der Waals surface area contributed by atoms with E-state index in [2.05, 4.69) is 58.4 Å². The van der Waals surface area contributed by atoms with Crippen molar-refractivity contribution in [1.29, 1.82) is 0 Å². The first-order valence-corrected chi connectivity index (χ1v) is 8.50. The highest BCUT2D eigenvalue weighted by atomic mass is 32.1. The van der Waals surface area contributed by atoms with Crippen LogP contribution in [0.5, 0.6) is 0 Å². The minimum Gasteiger partial charge on any atom is -0.378 e. The van der Waals surface area contributed by atoms with Crippen LogP contribution in [0.2, 0.25) is 0 Å². The highest BCUT2D eigenvalue weighted by Crippen LogP contribution is 2.29. The number of rotatable bonds is 3. The van der Waals surface area contributed by atoms with Gasteiger partial charge >= 0.3 is 0 Å². The van der Waals surface area contributed by atoms with Crippen LogP contribution in [-0.4, -0.2) is 33.9 Å². The van der Waals surface area contributed by atoms with Crippen LogP contribution in [0.4, 0.5) is 5.69 Å². The van der Waals surface area contributed by atoms with E-state index in [1.54, 1.807) is 11.3 Å². The van der Waals surface area contributed by atoms with Gasteiger partial charge in [0.15, 0.2) is 5.82 Å². The Kier molecular flexibility index (Phi) is 3.54. The second-order valence-electron chi connectivity index (χ2n) is 5.94. The molecule has 0 N–H and O–H groups in total. The first-order chi connectivity index (χ1) is 11.6. The second kappa shape index (κ2) is 5.72. The summed E-state index contributed by atoms with van der Waals surface area (Å²) in [5, 5.41) is 14.2. The Labute approximate surface area is 144 Å². The first kappa shape index (κ1) is 14.8. The molecule has 0 saturated carbocycles. The molecule has 2 aromatic heterocycles. The number of anilines is 1. The van der Waals surface area contributed by atoms with Crippen molar-refractivity contribution in [2.45, 2.75) is 6.92 Å². The van der Waals surface area contributed by atoms with Gasteiger partial charge in [-0.3, -0.25) is 0 Å². The molecular formula is C18H17N5S. The molecule has 6 heteroatoms. The normalized spacial score (nSPS) is 11.1. The van der Waals surface area contributed by atoms with Crippen molar-refractivity contribution in [1.82, 2.24) is 19.8 Å². The van der Waals surface area contributed by atoms with Gasteiger partial charge in [0.25, 0.3) is 0 Å². The summed E-state index contributed by atoms with van der Waals surface area (Å²) in [5.41, 5.74) is 4.48. The lowest BCUT2D eigenvalue weighted by Gasteiger charge is -2.11. The monoisotopic (exact) mass is 335 g/mol. The summed E-state index contributed by atoms with van der Waals surface area (Å²) in [7, 11) is 4.07. The number of benzene rings is 2. The van der Waals surface area contributed by atoms with E-state index >= 15 is 0 Å². The molecular weight excluding hydrogens is 318 g/mol. The maximum absolute atomic E-state index is 4.72. The fraction of sp³-hybridized carbons (Fsp3) is 0.167. The predicted octanol–water partition coefficient (Wildman–Crippen LogP) is 3.89. The molecule has 24 heavy (non-hydrogen) atoms. The van der Waals surface area contributed by atoms with Crippen LogP contribution in [0.1, 0.15) is 5.56 Å². The van der Waals surface area contributed by atoms with Crippen molar-refractivity contribution in [2.75, 3.05) is 19.0 Å². The molecule has 0 aliphatic carbocycles. The molecule has 0 spiro atoms. The summed E-state index contributed by atoms with van der Waals surface area (Å²) in [6.07, 6.45) is 0. The van der Waals surface area contributed by atoms with Gasteiger partial charge in [-0.25, -0.2) is 0 Å². The van der Waals surface area contributed by atoms with Gasteiger partial charge in [-0.1, -0.05) is 35.1 Å². The molecule has 0 aliphatic heterocycles.